The average Bonchev–Trinajstić information content (AvgIpc) is 2.90. The Labute approximate surface area is 123 Å². The van der Waals surface area contributed by atoms with Gasteiger partial charge in [-0.2, -0.15) is 4.31 Å². The lowest BCUT2D eigenvalue weighted by Gasteiger charge is -2.25. The molecule has 6 nitrogen and oxygen atoms in total. The van der Waals surface area contributed by atoms with E-state index in [-0.39, 0.29) is 23.0 Å². The molecule has 0 saturated carbocycles. The number of sulfonamides is 1. The van der Waals surface area contributed by atoms with Gasteiger partial charge in [0, 0.05) is 20.6 Å². The van der Waals surface area contributed by atoms with E-state index in [2.05, 4.69) is 0 Å². The highest BCUT2D eigenvalue weighted by Gasteiger charge is 2.40. The van der Waals surface area contributed by atoms with Crippen molar-refractivity contribution in [3.63, 3.8) is 0 Å². The van der Waals surface area contributed by atoms with E-state index < -0.39 is 21.9 Å². The molecule has 8 heteroatoms. The van der Waals surface area contributed by atoms with E-state index >= 15 is 0 Å². The van der Waals surface area contributed by atoms with Crippen LogP contribution >= 0.6 is 0 Å². The molecular weight excluding hydrogens is 297 g/mol. The maximum absolute atomic E-state index is 13.2. The lowest BCUT2D eigenvalue weighted by molar-refractivity contribution is -0.132. The third-order valence-electron chi connectivity index (χ3n) is 3.50. The van der Waals surface area contributed by atoms with Crippen LogP contribution in [0.15, 0.2) is 23.1 Å². The van der Waals surface area contributed by atoms with E-state index in [9.17, 15) is 17.6 Å². The first-order valence-electron chi connectivity index (χ1n) is 6.53. The molecule has 1 aromatic carbocycles. The number of amides is 1. The largest absolute Gasteiger partial charge is 0.396 e. The third kappa shape index (κ3) is 2.86. The Balaban J connectivity index is 2.38. The minimum Gasteiger partial charge on any atom is -0.396 e. The summed E-state index contributed by atoms with van der Waals surface area (Å²) in [5.41, 5.74) is 5.19. The Hall–Kier alpha value is -1.67. The van der Waals surface area contributed by atoms with Gasteiger partial charge in [-0.15, -0.1) is 0 Å². The second-order valence-corrected chi connectivity index (χ2v) is 7.08. The Morgan fingerprint density at radius 3 is 2.67 bits per heavy atom. The average molecular weight is 315 g/mol. The van der Waals surface area contributed by atoms with E-state index in [1.165, 1.54) is 9.21 Å². The Kier molecular flexibility index (Phi) is 4.20. The Morgan fingerprint density at radius 1 is 1.43 bits per heavy atom. The second-order valence-electron chi connectivity index (χ2n) is 5.19. The van der Waals surface area contributed by atoms with Crippen molar-refractivity contribution >= 4 is 21.6 Å². The number of hydrogen-bond donors (Lipinski definition) is 1. The van der Waals surface area contributed by atoms with Crippen LogP contribution in [-0.4, -0.2) is 50.2 Å². The molecule has 1 aliphatic rings. The molecule has 1 heterocycles. The van der Waals surface area contributed by atoms with E-state index in [0.29, 0.717) is 12.8 Å². The van der Waals surface area contributed by atoms with E-state index in [4.69, 9.17) is 5.73 Å². The van der Waals surface area contributed by atoms with E-state index in [1.807, 2.05) is 0 Å². The normalized spacial score (nSPS) is 19.7. The smallest absolute Gasteiger partial charge is 0.243 e. The quantitative estimate of drug-likeness (QED) is 0.830. The van der Waals surface area contributed by atoms with E-state index in [1.54, 1.807) is 14.1 Å². The molecule has 2 rings (SSSR count). The summed E-state index contributed by atoms with van der Waals surface area (Å²) in [6.45, 7) is 0.268. The minimum atomic E-state index is -3.87. The minimum absolute atomic E-state index is 0.0974. The number of hydrogen-bond acceptors (Lipinski definition) is 4. The van der Waals surface area contributed by atoms with Gasteiger partial charge in [0.15, 0.2) is 0 Å². The third-order valence-corrected chi connectivity index (χ3v) is 5.41. The van der Waals surface area contributed by atoms with Gasteiger partial charge in [-0.05, 0) is 31.0 Å². The summed E-state index contributed by atoms with van der Waals surface area (Å²) >= 11 is 0. The van der Waals surface area contributed by atoms with Crippen LogP contribution in [0.3, 0.4) is 0 Å². The van der Waals surface area contributed by atoms with Crippen molar-refractivity contribution in [1.29, 1.82) is 0 Å². The maximum Gasteiger partial charge on any atom is 0.243 e. The number of carbonyl (C=O) groups is 1. The predicted octanol–water partition coefficient (Wildman–Crippen LogP) is 0.649. The summed E-state index contributed by atoms with van der Waals surface area (Å²) in [7, 11) is -0.697. The van der Waals surface area contributed by atoms with Gasteiger partial charge in [-0.25, -0.2) is 12.8 Å². The van der Waals surface area contributed by atoms with Crippen molar-refractivity contribution in [2.75, 3.05) is 26.4 Å². The molecule has 1 aliphatic heterocycles. The first-order chi connectivity index (χ1) is 9.75. The molecule has 1 atom stereocenters. The number of benzene rings is 1. The van der Waals surface area contributed by atoms with Crippen LogP contribution in [0.2, 0.25) is 0 Å². The van der Waals surface area contributed by atoms with Gasteiger partial charge in [-0.1, -0.05) is 0 Å². The van der Waals surface area contributed by atoms with Crippen molar-refractivity contribution in [2.45, 2.75) is 23.8 Å². The van der Waals surface area contributed by atoms with Crippen LogP contribution < -0.4 is 5.73 Å². The Morgan fingerprint density at radius 2 is 2.10 bits per heavy atom. The fraction of sp³-hybridized carbons (Fsp3) is 0.462. The van der Waals surface area contributed by atoms with Gasteiger partial charge in [0.1, 0.15) is 11.9 Å². The highest BCUT2D eigenvalue weighted by Crippen LogP contribution is 2.28. The molecule has 0 aromatic heterocycles. The van der Waals surface area contributed by atoms with Gasteiger partial charge < -0.3 is 10.6 Å². The highest BCUT2D eigenvalue weighted by atomic mass is 32.2. The molecular formula is C13H18FN3O3S. The fourth-order valence-corrected chi connectivity index (χ4v) is 4.08. The molecule has 2 N–H and O–H groups in total. The number of likely N-dealkylation sites (N-methyl/N-ethyl adjacent to an activating group) is 1. The molecule has 0 bridgehead atoms. The first-order valence-corrected chi connectivity index (χ1v) is 7.97. The lowest BCUT2D eigenvalue weighted by atomic mass is 10.2. The summed E-state index contributed by atoms with van der Waals surface area (Å²) in [4.78, 5) is 13.4. The van der Waals surface area contributed by atoms with Crippen molar-refractivity contribution in [1.82, 2.24) is 9.21 Å². The van der Waals surface area contributed by atoms with Crippen LogP contribution in [0, 0.1) is 5.82 Å². The molecule has 21 heavy (non-hydrogen) atoms. The molecule has 1 unspecified atom stereocenters. The van der Waals surface area contributed by atoms with Crippen molar-refractivity contribution < 1.29 is 17.6 Å². The van der Waals surface area contributed by atoms with Crippen LogP contribution in [0.1, 0.15) is 12.8 Å². The summed E-state index contributed by atoms with van der Waals surface area (Å²) < 4.78 is 39.6. The van der Waals surface area contributed by atoms with Crippen molar-refractivity contribution in [2.24, 2.45) is 0 Å². The van der Waals surface area contributed by atoms with Gasteiger partial charge in [-0.3, -0.25) is 4.79 Å². The summed E-state index contributed by atoms with van der Waals surface area (Å²) in [5, 5.41) is 0. The number of nitrogens with zero attached hydrogens (tertiary/aromatic N) is 2. The fourth-order valence-electron chi connectivity index (χ4n) is 2.39. The molecule has 1 saturated heterocycles. The molecule has 1 fully saturated rings. The zero-order valence-electron chi connectivity index (χ0n) is 11.9. The van der Waals surface area contributed by atoms with Crippen LogP contribution in [0.5, 0.6) is 0 Å². The summed E-state index contributed by atoms with van der Waals surface area (Å²) in [6.07, 6.45) is 1.09. The summed E-state index contributed by atoms with van der Waals surface area (Å²) in [5.74, 6) is -0.928. The van der Waals surface area contributed by atoms with Crippen molar-refractivity contribution in [3.05, 3.63) is 24.0 Å². The van der Waals surface area contributed by atoms with Crippen molar-refractivity contribution in [3.8, 4) is 0 Å². The van der Waals surface area contributed by atoms with Gasteiger partial charge >= 0.3 is 0 Å². The second kappa shape index (κ2) is 5.61. The zero-order valence-corrected chi connectivity index (χ0v) is 12.7. The molecule has 0 spiro atoms. The number of nitrogen functional groups attached to an aromatic ring is 1. The van der Waals surface area contributed by atoms with Crippen LogP contribution in [0.4, 0.5) is 10.1 Å². The van der Waals surface area contributed by atoms with E-state index in [0.717, 1.165) is 18.2 Å². The van der Waals surface area contributed by atoms with Gasteiger partial charge in [0.2, 0.25) is 15.9 Å². The SMILES string of the molecule is CN(C)C(=O)C1CCCN1S(=O)(=O)c1ccc(F)c(N)c1. The number of rotatable bonds is 3. The van der Waals surface area contributed by atoms with Crippen LogP contribution in [0.25, 0.3) is 0 Å². The first kappa shape index (κ1) is 15.7. The number of carbonyl (C=O) groups excluding carboxylic acids is 1. The Bertz CT molecular complexity index is 661. The number of nitrogens with two attached hydrogens (primary N) is 1. The molecule has 1 amide bonds. The zero-order chi connectivity index (χ0) is 15.8. The molecule has 0 aliphatic carbocycles. The predicted molar refractivity (Wildman–Crippen MR) is 76.4 cm³/mol. The summed E-state index contributed by atoms with van der Waals surface area (Å²) in [6, 6.07) is 2.55. The molecule has 1 aromatic rings. The topological polar surface area (TPSA) is 83.7 Å². The lowest BCUT2D eigenvalue weighted by Crippen LogP contribution is -2.45. The number of anilines is 1. The molecule has 0 radical (unpaired) electrons. The maximum atomic E-state index is 13.2. The van der Waals surface area contributed by atoms with Crippen LogP contribution in [-0.2, 0) is 14.8 Å². The number of halogens is 1. The molecule has 116 valence electrons. The monoisotopic (exact) mass is 315 g/mol. The standard InChI is InChI=1S/C13H18FN3O3S/c1-16(2)13(18)12-4-3-7-17(12)21(19,20)9-5-6-10(14)11(15)8-9/h5-6,8,12H,3-4,7,15H2,1-2H3. The van der Waals surface area contributed by atoms with Gasteiger partial charge in [0.25, 0.3) is 0 Å². The van der Waals surface area contributed by atoms with Gasteiger partial charge in [0.05, 0.1) is 10.6 Å². The highest BCUT2D eigenvalue weighted by molar-refractivity contribution is 7.89.